The van der Waals surface area contributed by atoms with Gasteiger partial charge >= 0.3 is 0 Å². The second-order valence-corrected chi connectivity index (χ2v) is 6.22. The van der Waals surface area contributed by atoms with Gasteiger partial charge < -0.3 is 4.74 Å². The monoisotopic (exact) mass is 395 g/mol. The molecule has 0 bridgehead atoms. The van der Waals surface area contributed by atoms with E-state index in [1.807, 2.05) is 0 Å². The number of methoxy groups -OCH3 is 1. The van der Waals surface area contributed by atoms with E-state index in [2.05, 4.69) is 61.6 Å². The van der Waals surface area contributed by atoms with Crippen LogP contribution in [0.2, 0.25) is 0 Å². The Morgan fingerprint density at radius 2 is 2.38 bits per heavy atom. The number of hydrogen-bond donors (Lipinski definition) is 0. The van der Waals surface area contributed by atoms with Crippen molar-refractivity contribution in [2.24, 2.45) is 0 Å². The van der Waals surface area contributed by atoms with Crippen molar-refractivity contribution in [2.45, 2.75) is 19.1 Å². The van der Waals surface area contributed by atoms with E-state index in [9.17, 15) is 0 Å². The van der Waals surface area contributed by atoms with Crippen LogP contribution >= 0.6 is 38.5 Å². The number of hydrogen-bond acceptors (Lipinski definition) is 2. The summed E-state index contributed by atoms with van der Waals surface area (Å²) in [5.41, 5.74) is 1.36. The second-order valence-electron chi connectivity index (χ2n) is 4.12. The molecule has 1 fully saturated rings. The molecule has 0 aliphatic carbocycles. The highest BCUT2D eigenvalue weighted by atomic mass is 127. The molecular formula is C12H15BrINO. The van der Waals surface area contributed by atoms with E-state index in [0.717, 1.165) is 26.1 Å². The van der Waals surface area contributed by atoms with Crippen LogP contribution < -0.4 is 0 Å². The van der Waals surface area contributed by atoms with Crippen molar-refractivity contribution >= 4 is 38.5 Å². The Bertz CT molecular complexity index is 372. The SMILES string of the molecule is CO[C@H]1CCN(Cc2cc(I)ccc2Br)C1. The van der Waals surface area contributed by atoms with Crippen molar-refractivity contribution in [3.05, 3.63) is 31.8 Å². The molecule has 1 aliphatic rings. The Kier molecular flexibility index (Phi) is 4.64. The normalized spacial score (nSPS) is 21.6. The molecule has 1 atom stereocenters. The van der Waals surface area contributed by atoms with Crippen LogP contribution in [0.1, 0.15) is 12.0 Å². The van der Waals surface area contributed by atoms with Gasteiger partial charge in [-0.2, -0.15) is 0 Å². The summed E-state index contributed by atoms with van der Waals surface area (Å²) in [4.78, 5) is 2.45. The molecule has 0 aromatic heterocycles. The predicted molar refractivity (Wildman–Crippen MR) is 77.6 cm³/mol. The smallest absolute Gasteiger partial charge is 0.0710 e. The highest BCUT2D eigenvalue weighted by molar-refractivity contribution is 14.1. The lowest BCUT2D eigenvalue weighted by molar-refractivity contribution is 0.107. The third kappa shape index (κ3) is 3.18. The van der Waals surface area contributed by atoms with Crippen molar-refractivity contribution in [2.75, 3.05) is 20.2 Å². The minimum atomic E-state index is 0.418. The van der Waals surface area contributed by atoms with Gasteiger partial charge in [-0.25, -0.2) is 0 Å². The van der Waals surface area contributed by atoms with Gasteiger partial charge in [0.15, 0.2) is 0 Å². The maximum absolute atomic E-state index is 5.38. The molecule has 88 valence electrons. The van der Waals surface area contributed by atoms with Gasteiger partial charge in [0.1, 0.15) is 0 Å². The lowest BCUT2D eigenvalue weighted by Crippen LogP contribution is -2.22. The number of nitrogens with zero attached hydrogens (tertiary/aromatic N) is 1. The van der Waals surface area contributed by atoms with Crippen LogP contribution in [0.25, 0.3) is 0 Å². The van der Waals surface area contributed by atoms with Crippen molar-refractivity contribution < 1.29 is 4.74 Å². The molecule has 0 amide bonds. The predicted octanol–water partition coefficient (Wildman–Crippen LogP) is 3.27. The van der Waals surface area contributed by atoms with E-state index in [1.165, 1.54) is 13.6 Å². The summed E-state index contributed by atoms with van der Waals surface area (Å²) in [5, 5.41) is 0. The van der Waals surface area contributed by atoms with E-state index >= 15 is 0 Å². The molecule has 0 N–H and O–H groups in total. The van der Waals surface area contributed by atoms with E-state index in [0.29, 0.717) is 6.10 Å². The Hall–Kier alpha value is 0.350. The van der Waals surface area contributed by atoms with E-state index < -0.39 is 0 Å². The molecule has 1 aliphatic heterocycles. The maximum Gasteiger partial charge on any atom is 0.0710 e. The average molecular weight is 396 g/mol. The molecule has 4 heteroatoms. The average Bonchev–Trinajstić information content (AvgIpc) is 2.71. The van der Waals surface area contributed by atoms with E-state index in [-0.39, 0.29) is 0 Å². The zero-order valence-corrected chi connectivity index (χ0v) is 13.0. The largest absolute Gasteiger partial charge is 0.380 e. The third-order valence-electron chi connectivity index (χ3n) is 2.96. The highest BCUT2D eigenvalue weighted by Gasteiger charge is 2.22. The van der Waals surface area contributed by atoms with Gasteiger partial charge in [-0.15, -0.1) is 0 Å². The van der Waals surface area contributed by atoms with Crippen LogP contribution in [0.5, 0.6) is 0 Å². The van der Waals surface area contributed by atoms with E-state index in [4.69, 9.17) is 4.74 Å². The van der Waals surface area contributed by atoms with Crippen LogP contribution in [-0.4, -0.2) is 31.2 Å². The number of benzene rings is 1. The van der Waals surface area contributed by atoms with Gasteiger partial charge in [-0.3, -0.25) is 4.90 Å². The van der Waals surface area contributed by atoms with Gasteiger partial charge in [0.25, 0.3) is 0 Å². The van der Waals surface area contributed by atoms with Crippen LogP contribution in [0, 0.1) is 3.57 Å². The molecule has 0 unspecified atom stereocenters. The Morgan fingerprint density at radius 1 is 1.56 bits per heavy atom. The van der Waals surface area contributed by atoms with E-state index in [1.54, 1.807) is 7.11 Å². The first kappa shape index (κ1) is 12.8. The van der Waals surface area contributed by atoms with Gasteiger partial charge in [-0.05, 0) is 52.8 Å². The van der Waals surface area contributed by atoms with Crippen LogP contribution in [0.4, 0.5) is 0 Å². The summed E-state index contributed by atoms with van der Waals surface area (Å²) >= 11 is 5.96. The van der Waals surface area contributed by atoms with Crippen LogP contribution in [-0.2, 0) is 11.3 Å². The molecule has 16 heavy (non-hydrogen) atoms. The van der Waals surface area contributed by atoms with Crippen LogP contribution in [0.15, 0.2) is 22.7 Å². The van der Waals surface area contributed by atoms with Gasteiger partial charge in [-0.1, -0.05) is 15.9 Å². The molecule has 2 nitrogen and oxygen atoms in total. The summed E-state index contributed by atoms with van der Waals surface area (Å²) in [7, 11) is 1.80. The summed E-state index contributed by atoms with van der Waals surface area (Å²) < 4.78 is 7.87. The fraction of sp³-hybridized carbons (Fsp3) is 0.500. The summed E-state index contributed by atoms with van der Waals surface area (Å²) in [6.45, 7) is 3.20. The highest BCUT2D eigenvalue weighted by Crippen LogP contribution is 2.23. The zero-order chi connectivity index (χ0) is 11.5. The zero-order valence-electron chi connectivity index (χ0n) is 9.25. The Balaban J connectivity index is 2.01. The first-order chi connectivity index (χ1) is 7.69. The molecule has 0 saturated carbocycles. The van der Waals surface area contributed by atoms with Crippen LogP contribution in [0.3, 0.4) is 0 Å². The van der Waals surface area contributed by atoms with Crippen molar-refractivity contribution in [3.8, 4) is 0 Å². The summed E-state index contributed by atoms with van der Waals surface area (Å²) in [6, 6.07) is 6.49. The number of halogens is 2. The van der Waals surface area contributed by atoms with Crippen molar-refractivity contribution in [1.82, 2.24) is 4.90 Å². The van der Waals surface area contributed by atoms with Gasteiger partial charge in [0, 0.05) is 34.8 Å². The Morgan fingerprint density at radius 3 is 3.06 bits per heavy atom. The fourth-order valence-corrected chi connectivity index (χ4v) is 2.97. The number of likely N-dealkylation sites (tertiary alicyclic amines) is 1. The lowest BCUT2D eigenvalue weighted by atomic mass is 10.2. The molecular weight excluding hydrogens is 381 g/mol. The third-order valence-corrected chi connectivity index (χ3v) is 4.41. The van der Waals surface area contributed by atoms with Gasteiger partial charge in [0.05, 0.1) is 6.10 Å². The first-order valence-corrected chi connectivity index (χ1v) is 7.25. The lowest BCUT2D eigenvalue weighted by Gasteiger charge is -2.16. The molecule has 2 rings (SSSR count). The standard InChI is InChI=1S/C12H15BrINO/c1-16-11-4-5-15(8-11)7-9-6-10(14)2-3-12(9)13/h2-3,6,11H,4-5,7-8H2,1H3/t11-/m0/s1. The molecule has 0 radical (unpaired) electrons. The fourth-order valence-electron chi connectivity index (χ4n) is 2.04. The molecule has 0 spiro atoms. The second kappa shape index (κ2) is 5.80. The number of rotatable bonds is 3. The molecule has 1 saturated heterocycles. The minimum Gasteiger partial charge on any atom is -0.380 e. The summed E-state index contributed by atoms with van der Waals surface area (Å²) in [6.07, 6.45) is 1.57. The summed E-state index contributed by atoms with van der Waals surface area (Å²) in [5.74, 6) is 0. The quantitative estimate of drug-likeness (QED) is 0.728. The number of ether oxygens (including phenoxy) is 1. The maximum atomic E-state index is 5.38. The molecule has 1 heterocycles. The molecule has 1 aromatic rings. The van der Waals surface area contributed by atoms with Crippen molar-refractivity contribution in [3.63, 3.8) is 0 Å². The van der Waals surface area contributed by atoms with Gasteiger partial charge in [0.2, 0.25) is 0 Å². The first-order valence-electron chi connectivity index (χ1n) is 5.38. The van der Waals surface area contributed by atoms with Crippen molar-refractivity contribution in [1.29, 1.82) is 0 Å². The minimum absolute atomic E-state index is 0.418. The molecule has 1 aromatic carbocycles. The Labute approximate surface area is 119 Å². The topological polar surface area (TPSA) is 12.5 Å².